The molecule has 2 heterocycles. The quantitative estimate of drug-likeness (QED) is 0.869. The van der Waals surface area contributed by atoms with E-state index in [1.165, 1.54) is 18.3 Å². The summed E-state index contributed by atoms with van der Waals surface area (Å²) in [6, 6.07) is 6.58. The normalized spacial score (nSPS) is 14.2. The summed E-state index contributed by atoms with van der Waals surface area (Å²) in [6.45, 7) is 3.50. The van der Waals surface area contributed by atoms with Crippen molar-refractivity contribution in [1.82, 2.24) is 14.8 Å². The molecule has 3 rings (SSSR count). The fraction of sp³-hybridized carbons (Fsp3) is 0.294. The second kappa shape index (κ2) is 7.84. The van der Waals surface area contributed by atoms with Gasteiger partial charge >= 0.3 is 0 Å². The third-order valence-electron chi connectivity index (χ3n) is 4.04. The first-order chi connectivity index (χ1) is 12.4. The summed E-state index contributed by atoms with van der Waals surface area (Å²) >= 11 is 7.07. The Kier molecular flexibility index (Phi) is 5.53. The summed E-state index contributed by atoms with van der Waals surface area (Å²) in [5.74, 6) is -0.527. The van der Waals surface area contributed by atoms with Crippen LogP contribution in [-0.4, -0.2) is 58.7 Å². The van der Waals surface area contributed by atoms with Crippen molar-refractivity contribution < 1.29 is 14.4 Å². The molecule has 0 aliphatic carbocycles. The highest BCUT2D eigenvalue weighted by Crippen LogP contribution is 2.19. The van der Waals surface area contributed by atoms with Gasteiger partial charge < -0.3 is 9.80 Å². The minimum atomic E-state index is -0.337. The zero-order valence-corrected chi connectivity index (χ0v) is 15.6. The number of piperazine rings is 1. The molecule has 9 heteroatoms. The molecule has 2 aromatic rings. The van der Waals surface area contributed by atoms with Crippen molar-refractivity contribution in [2.75, 3.05) is 31.5 Å². The maximum atomic E-state index is 12.5. The Balaban J connectivity index is 1.62. The number of rotatable bonds is 3. The van der Waals surface area contributed by atoms with E-state index in [0.29, 0.717) is 41.9 Å². The number of amides is 3. The number of carbonyl (C=O) groups excluding carboxylic acids is 3. The first-order valence-electron chi connectivity index (χ1n) is 8.01. The lowest BCUT2D eigenvalue weighted by Gasteiger charge is -2.33. The number of thiazole rings is 1. The molecule has 1 aromatic carbocycles. The maximum absolute atomic E-state index is 12.5. The van der Waals surface area contributed by atoms with Crippen LogP contribution in [0.3, 0.4) is 0 Å². The van der Waals surface area contributed by atoms with Crippen molar-refractivity contribution in [1.29, 1.82) is 0 Å². The van der Waals surface area contributed by atoms with E-state index >= 15 is 0 Å². The molecule has 0 bridgehead atoms. The van der Waals surface area contributed by atoms with Crippen LogP contribution in [0, 0.1) is 0 Å². The number of halogens is 1. The summed E-state index contributed by atoms with van der Waals surface area (Å²) in [7, 11) is 0. The highest BCUT2D eigenvalue weighted by molar-refractivity contribution is 7.14. The van der Waals surface area contributed by atoms with Gasteiger partial charge in [0.2, 0.25) is 5.91 Å². The summed E-state index contributed by atoms with van der Waals surface area (Å²) in [5.41, 5.74) is 0.702. The number of hydrogen-bond acceptors (Lipinski definition) is 5. The molecule has 136 valence electrons. The van der Waals surface area contributed by atoms with Crippen molar-refractivity contribution in [3.8, 4) is 0 Å². The first kappa shape index (κ1) is 18.3. The SMILES string of the molecule is CC(=O)N1CCN(C(=O)c2csc(NC(=O)c3cccc(Cl)c3)n2)CC1. The average molecular weight is 393 g/mol. The van der Waals surface area contributed by atoms with Gasteiger partial charge in [0.05, 0.1) is 0 Å². The van der Waals surface area contributed by atoms with Crippen LogP contribution in [0.15, 0.2) is 29.6 Å². The Morgan fingerprint density at radius 1 is 1.15 bits per heavy atom. The van der Waals surface area contributed by atoms with Crippen LogP contribution in [0.2, 0.25) is 5.02 Å². The van der Waals surface area contributed by atoms with Gasteiger partial charge in [-0.15, -0.1) is 11.3 Å². The zero-order valence-electron chi connectivity index (χ0n) is 14.1. The highest BCUT2D eigenvalue weighted by atomic mass is 35.5. The lowest BCUT2D eigenvalue weighted by atomic mass is 10.2. The van der Waals surface area contributed by atoms with E-state index in [-0.39, 0.29) is 23.4 Å². The van der Waals surface area contributed by atoms with E-state index in [2.05, 4.69) is 10.3 Å². The van der Waals surface area contributed by atoms with Crippen LogP contribution >= 0.6 is 22.9 Å². The summed E-state index contributed by atoms with van der Waals surface area (Å²) in [6.07, 6.45) is 0. The number of hydrogen-bond donors (Lipinski definition) is 1. The van der Waals surface area contributed by atoms with Crippen molar-refractivity contribution in [3.05, 3.63) is 45.9 Å². The molecule has 7 nitrogen and oxygen atoms in total. The van der Waals surface area contributed by atoms with Crippen molar-refractivity contribution >= 4 is 45.8 Å². The van der Waals surface area contributed by atoms with E-state index in [9.17, 15) is 14.4 Å². The molecule has 26 heavy (non-hydrogen) atoms. The smallest absolute Gasteiger partial charge is 0.273 e. The van der Waals surface area contributed by atoms with Crippen molar-refractivity contribution in [2.45, 2.75) is 6.92 Å². The van der Waals surface area contributed by atoms with Gasteiger partial charge in [-0.05, 0) is 18.2 Å². The molecule has 1 fully saturated rings. The standard InChI is InChI=1S/C17H17ClN4O3S/c1-11(23)21-5-7-22(8-6-21)16(25)14-10-26-17(19-14)20-15(24)12-3-2-4-13(18)9-12/h2-4,9-10H,5-8H2,1H3,(H,19,20,24). The van der Waals surface area contributed by atoms with Gasteiger partial charge in [0.25, 0.3) is 11.8 Å². The van der Waals surface area contributed by atoms with Crippen LogP contribution < -0.4 is 5.32 Å². The Morgan fingerprint density at radius 3 is 2.50 bits per heavy atom. The number of carbonyl (C=O) groups is 3. The molecule has 0 radical (unpaired) electrons. The van der Waals surface area contributed by atoms with Gasteiger partial charge in [0.15, 0.2) is 5.13 Å². The van der Waals surface area contributed by atoms with Gasteiger partial charge in [-0.2, -0.15) is 0 Å². The fourth-order valence-electron chi connectivity index (χ4n) is 2.61. The van der Waals surface area contributed by atoms with Crippen LogP contribution in [-0.2, 0) is 4.79 Å². The highest BCUT2D eigenvalue weighted by Gasteiger charge is 2.25. The van der Waals surface area contributed by atoms with Crippen LogP contribution in [0.4, 0.5) is 5.13 Å². The van der Waals surface area contributed by atoms with Crippen molar-refractivity contribution in [3.63, 3.8) is 0 Å². The van der Waals surface area contributed by atoms with Crippen LogP contribution in [0.1, 0.15) is 27.8 Å². The van der Waals surface area contributed by atoms with Gasteiger partial charge in [-0.25, -0.2) is 4.98 Å². The van der Waals surface area contributed by atoms with Crippen molar-refractivity contribution in [2.24, 2.45) is 0 Å². The number of nitrogens with zero attached hydrogens (tertiary/aromatic N) is 3. The number of nitrogens with one attached hydrogen (secondary N) is 1. The molecule has 1 aromatic heterocycles. The molecule has 3 amide bonds. The molecule has 1 aliphatic rings. The van der Waals surface area contributed by atoms with E-state index in [1.807, 2.05) is 0 Å². The Morgan fingerprint density at radius 2 is 1.85 bits per heavy atom. The fourth-order valence-corrected chi connectivity index (χ4v) is 3.48. The maximum Gasteiger partial charge on any atom is 0.273 e. The largest absolute Gasteiger partial charge is 0.339 e. The molecule has 1 aliphatic heterocycles. The summed E-state index contributed by atoms with van der Waals surface area (Å²) < 4.78 is 0. The van der Waals surface area contributed by atoms with Gasteiger partial charge in [0, 0.05) is 49.1 Å². The van der Waals surface area contributed by atoms with E-state index in [0.717, 1.165) is 0 Å². The lowest BCUT2D eigenvalue weighted by Crippen LogP contribution is -2.50. The predicted molar refractivity (Wildman–Crippen MR) is 99.7 cm³/mol. The molecule has 1 saturated heterocycles. The Bertz CT molecular complexity index is 846. The molecule has 0 saturated carbocycles. The number of anilines is 1. The summed E-state index contributed by atoms with van der Waals surface area (Å²) in [4.78, 5) is 43.7. The number of benzene rings is 1. The number of aromatic nitrogens is 1. The summed E-state index contributed by atoms with van der Waals surface area (Å²) in [5, 5.41) is 5.11. The van der Waals surface area contributed by atoms with Gasteiger partial charge in [0.1, 0.15) is 5.69 Å². The molecular weight excluding hydrogens is 376 g/mol. The second-order valence-corrected chi connectivity index (χ2v) is 7.10. The lowest BCUT2D eigenvalue weighted by molar-refractivity contribution is -0.130. The second-order valence-electron chi connectivity index (χ2n) is 5.80. The predicted octanol–water partition coefficient (Wildman–Crippen LogP) is 2.35. The van der Waals surface area contributed by atoms with E-state index in [4.69, 9.17) is 11.6 Å². The van der Waals surface area contributed by atoms with Gasteiger partial charge in [-0.1, -0.05) is 17.7 Å². The molecule has 1 N–H and O–H groups in total. The van der Waals surface area contributed by atoms with Crippen LogP contribution in [0.5, 0.6) is 0 Å². The van der Waals surface area contributed by atoms with Crippen LogP contribution in [0.25, 0.3) is 0 Å². The van der Waals surface area contributed by atoms with E-state index < -0.39 is 0 Å². The van der Waals surface area contributed by atoms with Gasteiger partial charge in [-0.3, -0.25) is 19.7 Å². The van der Waals surface area contributed by atoms with E-state index in [1.54, 1.807) is 39.4 Å². The minimum Gasteiger partial charge on any atom is -0.339 e. The molecule has 0 atom stereocenters. The Labute approximate surface area is 159 Å². The molecule has 0 unspecified atom stereocenters. The third kappa shape index (κ3) is 4.20. The minimum absolute atomic E-state index is 0.0109. The Hall–Kier alpha value is -2.45. The third-order valence-corrected chi connectivity index (χ3v) is 5.04. The monoisotopic (exact) mass is 392 g/mol. The molecule has 0 spiro atoms. The topological polar surface area (TPSA) is 82.6 Å². The average Bonchev–Trinajstić information content (AvgIpc) is 3.09. The zero-order chi connectivity index (χ0) is 18.7. The molecular formula is C17H17ClN4O3S. The first-order valence-corrected chi connectivity index (χ1v) is 9.27.